The van der Waals surface area contributed by atoms with Gasteiger partial charge in [-0.15, -0.1) is 0 Å². The summed E-state index contributed by atoms with van der Waals surface area (Å²) in [6, 6.07) is 7.05. The largest absolute Gasteiger partial charge is 0.474 e. The van der Waals surface area contributed by atoms with Gasteiger partial charge < -0.3 is 10.1 Å². The molecular weight excluding hydrogens is 469 g/mol. The molecule has 1 fully saturated rings. The van der Waals surface area contributed by atoms with Crippen molar-refractivity contribution < 1.29 is 13.5 Å². The number of nitrogens with one attached hydrogen (secondary N) is 1. The summed E-state index contributed by atoms with van der Waals surface area (Å²) in [6.07, 6.45) is 0.367. The van der Waals surface area contributed by atoms with E-state index in [1.54, 1.807) is 24.4 Å². The lowest BCUT2D eigenvalue weighted by Crippen LogP contribution is -2.48. The first-order valence-corrected chi connectivity index (χ1v) is 10.9. The Bertz CT molecular complexity index is 1220. The fourth-order valence-electron chi connectivity index (χ4n) is 4.22. The summed E-state index contributed by atoms with van der Waals surface area (Å²) >= 11 is 6.19. The van der Waals surface area contributed by atoms with Crippen molar-refractivity contribution >= 4 is 48.8 Å². The number of alkyl halides is 2. The monoisotopic (exact) mass is 484 g/mol. The third kappa shape index (κ3) is 5.42. The molecular formula is C21H15B4ClF2N6O. The fourth-order valence-corrected chi connectivity index (χ4v) is 4.45. The number of ether oxygens (including phenoxy) is 1. The molecule has 8 radical (unpaired) electrons. The van der Waals surface area contributed by atoms with Gasteiger partial charge in [-0.1, -0.05) is 22.9 Å². The molecule has 0 amide bonds. The zero-order valence-corrected chi connectivity index (χ0v) is 19.2. The summed E-state index contributed by atoms with van der Waals surface area (Å²) in [6.45, 7) is 0.727. The number of fused-ring (bicyclic) bond motifs is 1. The van der Waals surface area contributed by atoms with E-state index in [-0.39, 0.29) is 53.9 Å². The summed E-state index contributed by atoms with van der Waals surface area (Å²) in [5.74, 6) is -2.34. The van der Waals surface area contributed by atoms with Crippen molar-refractivity contribution in [2.75, 3.05) is 11.9 Å². The van der Waals surface area contributed by atoms with Crippen molar-refractivity contribution in [1.29, 1.82) is 10.5 Å². The van der Waals surface area contributed by atoms with Gasteiger partial charge >= 0.3 is 0 Å². The van der Waals surface area contributed by atoms with E-state index in [0.29, 0.717) is 12.1 Å². The summed E-state index contributed by atoms with van der Waals surface area (Å²) in [5.41, 5.74) is 1.51. The van der Waals surface area contributed by atoms with Gasteiger partial charge in [0.15, 0.2) is 0 Å². The Morgan fingerprint density at radius 2 is 2.00 bits per heavy atom. The number of hydrogen-bond donors (Lipinski definition) is 1. The van der Waals surface area contributed by atoms with Gasteiger partial charge in [0.05, 0.1) is 27.3 Å². The van der Waals surface area contributed by atoms with Gasteiger partial charge in [0.1, 0.15) is 38.8 Å². The van der Waals surface area contributed by atoms with E-state index in [9.17, 15) is 19.3 Å². The molecule has 0 aromatic carbocycles. The van der Waals surface area contributed by atoms with Gasteiger partial charge in [-0.05, 0) is 17.7 Å². The van der Waals surface area contributed by atoms with Crippen LogP contribution in [0.3, 0.4) is 0 Å². The van der Waals surface area contributed by atoms with E-state index in [1.807, 2.05) is 11.0 Å². The maximum Gasteiger partial charge on any atom is 0.255 e. The Morgan fingerprint density at radius 1 is 1.29 bits per heavy atom. The highest BCUT2D eigenvalue weighted by Gasteiger charge is 2.47. The van der Waals surface area contributed by atoms with Crippen molar-refractivity contribution in [2.24, 2.45) is 0 Å². The number of rotatable bonds is 6. The first-order valence-electron chi connectivity index (χ1n) is 10.5. The second-order valence-corrected chi connectivity index (χ2v) is 9.25. The number of halogens is 3. The van der Waals surface area contributed by atoms with Crippen LogP contribution in [0.25, 0.3) is 0 Å². The first kappa shape index (κ1) is 25.3. The number of aromatic nitrogens is 2. The summed E-state index contributed by atoms with van der Waals surface area (Å²) in [4.78, 5) is 10.2. The predicted molar refractivity (Wildman–Crippen MR) is 128 cm³/mol. The van der Waals surface area contributed by atoms with Crippen LogP contribution in [-0.2, 0) is 18.3 Å². The molecule has 35 heavy (non-hydrogen) atoms. The predicted octanol–water partition coefficient (Wildman–Crippen LogP) is 1.61. The van der Waals surface area contributed by atoms with Crippen molar-refractivity contribution in [1.82, 2.24) is 14.9 Å². The highest BCUT2D eigenvalue weighted by Crippen LogP contribution is 2.40. The van der Waals surface area contributed by atoms with Crippen molar-refractivity contribution in [2.45, 2.75) is 48.5 Å². The SMILES string of the molecule is [B]C([B])(C#N)Nc1nc(Cl)c(C#N)c2c1CN(Cc1ccc(OC3CC(F)(F)C3)nc1)CC2([B])[B]. The van der Waals surface area contributed by atoms with E-state index < -0.39 is 22.6 Å². The third-order valence-corrected chi connectivity index (χ3v) is 6.03. The van der Waals surface area contributed by atoms with Crippen molar-refractivity contribution in [3.8, 4) is 18.0 Å². The van der Waals surface area contributed by atoms with Crippen LogP contribution >= 0.6 is 11.6 Å². The zero-order valence-electron chi connectivity index (χ0n) is 18.4. The van der Waals surface area contributed by atoms with Crippen LogP contribution in [0.2, 0.25) is 5.15 Å². The van der Waals surface area contributed by atoms with E-state index in [2.05, 4.69) is 15.3 Å². The smallest absolute Gasteiger partial charge is 0.255 e. The van der Waals surface area contributed by atoms with Gasteiger partial charge in [-0.25, -0.2) is 18.7 Å². The Hall–Kier alpha value is -2.75. The average molecular weight is 484 g/mol. The summed E-state index contributed by atoms with van der Waals surface area (Å²) in [7, 11) is 24.3. The molecule has 1 aliphatic carbocycles. The van der Waals surface area contributed by atoms with Crippen molar-refractivity contribution in [3.05, 3.63) is 45.7 Å². The summed E-state index contributed by atoms with van der Waals surface area (Å²) in [5, 5.41) is 17.9. The minimum atomic E-state index is -2.68. The molecule has 3 heterocycles. The molecule has 7 nitrogen and oxygen atoms in total. The third-order valence-electron chi connectivity index (χ3n) is 5.75. The second kappa shape index (κ2) is 9.04. The molecule has 0 bridgehead atoms. The topological polar surface area (TPSA) is 97.9 Å². The summed E-state index contributed by atoms with van der Waals surface area (Å²) < 4.78 is 31.5. The lowest BCUT2D eigenvalue weighted by molar-refractivity contribution is -0.135. The molecule has 2 aliphatic rings. The maximum atomic E-state index is 13.0. The Balaban J connectivity index is 1.57. The Kier molecular flexibility index (Phi) is 6.54. The molecule has 0 saturated heterocycles. The lowest BCUT2D eigenvalue weighted by atomic mass is 9.48. The van der Waals surface area contributed by atoms with Crippen LogP contribution in [0.4, 0.5) is 14.6 Å². The van der Waals surface area contributed by atoms with Gasteiger partial charge in [0, 0.05) is 49.1 Å². The van der Waals surface area contributed by atoms with Gasteiger partial charge in [0.2, 0.25) is 5.88 Å². The Morgan fingerprint density at radius 3 is 2.57 bits per heavy atom. The fraction of sp³-hybridized carbons (Fsp3) is 0.429. The molecule has 2 aromatic heterocycles. The minimum absolute atomic E-state index is 0.0261. The van der Waals surface area contributed by atoms with Crippen LogP contribution in [0, 0.1) is 22.7 Å². The molecule has 0 unspecified atom stereocenters. The highest BCUT2D eigenvalue weighted by molar-refractivity contribution is 6.44. The van der Waals surface area contributed by atoms with Gasteiger partial charge in [-0.2, -0.15) is 10.5 Å². The van der Waals surface area contributed by atoms with Crippen LogP contribution in [0.5, 0.6) is 5.88 Å². The van der Waals surface area contributed by atoms with Crippen LogP contribution in [0.1, 0.15) is 35.1 Å². The minimum Gasteiger partial charge on any atom is -0.474 e. The normalized spacial score (nSPS) is 19.0. The molecule has 0 atom stereocenters. The lowest BCUT2D eigenvalue weighted by Gasteiger charge is -2.42. The zero-order chi connectivity index (χ0) is 25.6. The molecule has 4 rings (SSSR count). The van der Waals surface area contributed by atoms with Crippen LogP contribution < -0.4 is 10.1 Å². The molecule has 1 saturated carbocycles. The number of nitrogens with zero attached hydrogens (tertiary/aromatic N) is 5. The molecule has 1 N–H and O–H groups in total. The molecule has 0 spiro atoms. The maximum absolute atomic E-state index is 13.0. The molecule has 2 aromatic rings. The number of anilines is 1. The average Bonchev–Trinajstić information content (AvgIpc) is 2.74. The number of hydrogen-bond acceptors (Lipinski definition) is 7. The molecule has 168 valence electrons. The van der Waals surface area contributed by atoms with Crippen LogP contribution in [0.15, 0.2) is 18.3 Å². The Labute approximate surface area is 211 Å². The standard InChI is InChI=1S/C21H15B4ClF2N6O/c22-20(23)10-34(7-11-1-2-15(31-6-11)35-12-3-19(27,28)4-12)8-14-16(20)13(5-29)17(26)32-18(14)33-21(24,25)9-30/h1-2,6,12H,3-4,7-8,10H2,(H,32,33). The van der Waals surface area contributed by atoms with E-state index in [1.165, 1.54) is 0 Å². The van der Waals surface area contributed by atoms with Crippen molar-refractivity contribution in [3.63, 3.8) is 0 Å². The highest BCUT2D eigenvalue weighted by atomic mass is 35.5. The van der Waals surface area contributed by atoms with E-state index in [0.717, 1.165) is 5.56 Å². The molecule has 1 aliphatic heterocycles. The second-order valence-electron chi connectivity index (χ2n) is 8.89. The number of pyridine rings is 2. The van der Waals surface area contributed by atoms with Gasteiger partial charge in [0.25, 0.3) is 5.92 Å². The quantitative estimate of drug-likeness (QED) is 0.492. The molecule has 14 heteroatoms. The van der Waals surface area contributed by atoms with E-state index in [4.69, 9.17) is 47.7 Å². The van der Waals surface area contributed by atoms with Crippen LogP contribution in [-0.4, -0.2) is 70.2 Å². The first-order chi connectivity index (χ1) is 16.3. The number of nitriles is 2. The van der Waals surface area contributed by atoms with Gasteiger partial charge in [-0.3, -0.25) is 4.90 Å². The van der Waals surface area contributed by atoms with E-state index >= 15 is 0 Å².